The van der Waals surface area contributed by atoms with Gasteiger partial charge in [0.25, 0.3) is 16.1 Å². The maximum atomic E-state index is 13.4. The van der Waals surface area contributed by atoms with Gasteiger partial charge in [-0.1, -0.05) is 24.3 Å². The predicted molar refractivity (Wildman–Crippen MR) is 92.4 cm³/mol. The van der Waals surface area contributed by atoms with Crippen LogP contribution in [0.5, 0.6) is 0 Å². The van der Waals surface area contributed by atoms with Crippen LogP contribution in [-0.2, 0) is 10.2 Å². The smallest absolute Gasteiger partial charge is 0.277 e. The van der Waals surface area contributed by atoms with Crippen LogP contribution < -0.4 is 5.14 Å². The number of hydrogen-bond donors (Lipinski definition) is 1. The monoisotopic (exact) mass is 363 g/mol. The van der Waals surface area contributed by atoms with E-state index in [0.29, 0.717) is 11.1 Å². The molecule has 6 nitrogen and oxygen atoms in total. The number of hydrogen-bond acceptors (Lipinski definition) is 3. The first-order chi connectivity index (χ1) is 11.8. The standard InChI is InChI=1S/C17H18FN3O3S/c18-16-6-2-4-14(12-16)13-3-1-5-15(11-13)17(22)20-7-9-21(10-8-20)25(19,23)24/h1-6,11-12H,7-10H2,(H2,19,23,24). The van der Waals surface area contributed by atoms with Crippen molar-refractivity contribution in [2.45, 2.75) is 0 Å². The van der Waals surface area contributed by atoms with E-state index >= 15 is 0 Å². The molecule has 1 aliphatic heterocycles. The molecule has 2 aromatic carbocycles. The van der Waals surface area contributed by atoms with Crippen LogP contribution in [0, 0.1) is 5.82 Å². The van der Waals surface area contributed by atoms with Crippen molar-refractivity contribution in [3.05, 3.63) is 59.9 Å². The minimum atomic E-state index is -3.73. The van der Waals surface area contributed by atoms with E-state index in [1.165, 1.54) is 12.1 Å². The molecule has 8 heteroatoms. The van der Waals surface area contributed by atoms with Crippen LogP contribution >= 0.6 is 0 Å². The van der Waals surface area contributed by atoms with Gasteiger partial charge in [0.15, 0.2) is 0 Å². The second-order valence-electron chi connectivity index (χ2n) is 5.83. The minimum Gasteiger partial charge on any atom is -0.336 e. The van der Waals surface area contributed by atoms with Crippen molar-refractivity contribution in [2.24, 2.45) is 5.14 Å². The fourth-order valence-corrected chi connectivity index (χ4v) is 3.50. The molecule has 1 saturated heterocycles. The molecule has 0 bridgehead atoms. The SMILES string of the molecule is NS(=O)(=O)N1CCN(C(=O)c2cccc(-c3cccc(F)c3)c2)CC1. The van der Waals surface area contributed by atoms with Gasteiger partial charge < -0.3 is 4.90 Å². The zero-order valence-electron chi connectivity index (χ0n) is 13.4. The number of rotatable bonds is 3. The average molecular weight is 363 g/mol. The fourth-order valence-electron chi connectivity index (χ4n) is 2.83. The number of nitrogens with zero attached hydrogens (tertiary/aromatic N) is 2. The maximum Gasteiger partial charge on any atom is 0.277 e. The fraction of sp³-hybridized carbons (Fsp3) is 0.235. The number of carbonyl (C=O) groups excluding carboxylic acids is 1. The molecule has 0 radical (unpaired) electrons. The Kier molecular flexibility index (Phi) is 4.85. The number of benzene rings is 2. The van der Waals surface area contributed by atoms with Crippen LogP contribution in [0.1, 0.15) is 10.4 Å². The number of nitrogens with two attached hydrogens (primary N) is 1. The van der Waals surface area contributed by atoms with Gasteiger partial charge in [-0.05, 0) is 35.4 Å². The highest BCUT2D eigenvalue weighted by Gasteiger charge is 2.27. The number of piperazine rings is 1. The van der Waals surface area contributed by atoms with Crippen molar-refractivity contribution in [2.75, 3.05) is 26.2 Å². The Balaban J connectivity index is 1.77. The van der Waals surface area contributed by atoms with Crippen LogP contribution in [0.15, 0.2) is 48.5 Å². The highest BCUT2D eigenvalue weighted by molar-refractivity contribution is 7.86. The zero-order valence-corrected chi connectivity index (χ0v) is 14.2. The summed E-state index contributed by atoms with van der Waals surface area (Å²) in [6.45, 7) is 0.904. The summed E-state index contributed by atoms with van der Waals surface area (Å²) < 4.78 is 37.2. The Morgan fingerprint density at radius 3 is 2.16 bits per heavy atom. The Labute approximate surface area is 145 Å². The summed E-state index contributed by atoms with van der Waals surface area (Å²) in [6.07, 6.45) is 0. The van der Waals surface area contributed by atoms with E-state index in [4.69, 9.17) is 5.14 Å². The molecule has 0 aliphatic carbocycles. The molecule has 0 aromatic heterocycles. The predicted octanol–water partition coefficient (Wildman–Crippen LogP) is 1.45. The van der Waals surface area contributed by atoms with Gasteiger partial charge in [-0.2, -0.15) is 12.7 Å². The van der Waals surface area contributed by atoms with Crippen molar-refractivity contribution < 1.29 is 17.6 Å². The van der Waals surface area contributed by atoms with Gasteiger partial charge in [0, 0.05) is 31.7 Å². The van der Waals surface area contributed by atoms with E-state index in [1.807, 2.05) is 6.07 Å². The molecule has 1 amide bonds. The van der Waals surface area contributed by atoms with Crippen LogP contribution in [-0.4, -0.2) is 49.7 Å². The molecule has 1 fully saturated rings. The Hall–Kier alpha value is -2.29. The minimum absolute atomic E-state index is 0.175. The van der Waals surface area contributed by atoms with Crippen molar-refractivity contribution in [1.29, 1.82) is 0 Å². The highest BCUT2D eigenvalue weighted by atomic mass is 32.2. The summed E-state index contributed by atoms with van der Waals surface area (Å²) in [6, 6.07) is 13.1. The maximum absolute atomic E-state index is 13.4. The number of amides is 1. The summed E-state index contributed by atoms with van der Waals surface area (Å²) in [4.78, 5) is 14.2. The van der Waals surface area contributed by atoms with Crippen LogP contribution in [0.3, 0.4) is 0 Å². The lowest BCUT2D eigenvalue weighted by Crippen LogP contribution is -2.52. The molecule has 0 spiro atoms. The normalized spacial score (nSPS) is 16.0. The molecule has 132 valence electrons. The molecule has 0 atom stereocenters. The Bertz CT molecular complexity index is 894. The number of carbonyl (C=O) groups is 1. The molecule has 25 heavy (non-hydrogen) atoms. The first kappa shape index (κ1) is 17.5. The number of halogens is 1. The summed E-state index contributed by atoms with van der Waals surface area (Å²) in [5.74, 6) is -0.527. The van der Waals surface area contributed by atoms with E-state index < -0.39 is 10.2 Å². The first-order valence-corrected chi connectivity index (χ1v) is 9.28. The van der Waals surface area contributed by atoms with Crippen LogP contribution in [0.4, 0.5) is 4.39 Å². The second-order valence-corrected chi connectivity index (χ2v) is 7.37. The molecule has 2 aromatic rings. The lowest BCUT2D eigenvalue weighted by atomic mass is 10.0. The summed E-state index contributed by atoms with van der Waals surface area (Å²) in [7, 11) is -3.73. The van der Waals surface area contributed by atoms with Gasteiger partial charge in [-0.15, -0.1) is 0 Å². The van der Waals surface area contributed by atoms with Crippen molar-refractivity contribution in [1.82, 2.24) is 9.21 Å². The van der Waals surface area contributed by atoms with Gasteiger partial charge in [-0.25, -0.2) is 9.53 Å². The molecule has 2 N–H and O–H groups in total. The molecule has 3 rings (SSSR count). The Morgan fingerprint density at radius 1 is 0.960 bits per heavy atom. The van der Waals surface area contributed by atoms with Gasteiger partial charge in [0.1, 0.15) is 5.82 Å². The van der Waals surface area contributed by atoms with Crippen molar-refractivity contribution in [3.8, 4) is 11.1 Å². The topological polar surface area (TPSA) is 83.7 Å². The largest absolute Gasteiger partial charge is 0.336 e. The molecule has 0 saturated carbocycles. The summed E-state index contributed by atoms with van der Waals surface area (Å²) >= 11 is 0. The summed E-state index contributed by atoms with van der Waals surface area (Å²) in [5.41, 5.74) is 1.91. The quantitative estimate of drug-likeness (QED) is 0.896. The molecule has 0 unspecified atom stereocenters. The van der Waals surface area contributed by atoms with Gasteiger partial charge in [0.2, 0.25) is 0 Å². The van der Waals surface area contributed by atoms with Gasteiger partial charge in [0.05, 0.1) is 0 Å². The summed E-state index contributed by atoms with van der Waals surface area (Å²) in [5, 5.41) is 5.10. The third-order valence-electron chi connectivity index (χ3n) is 4.15. The highest BCUT2D eigenvalue weighted by Crippen LogP contribution is 2.22. The van der Waals surface area contributed by atoms with E-state index in [0.717, 1.165) is 9.87 Å². The van der Waals surface area contributed by atoms with Gasteiger partial charge >= 0.3 is 0 Å². The van der Waals surface area contributed by atoms with Crippen LogP contribution in [0.25, 0.3) is 11.1 Å². The second kappa shape index (κ2) is 6.91. The van der Waals surface area contributed by atoms with E-state index in [1.54, 1.807) is 35.2 Å². The van der Waals surface area contributed by atoms with Gasteiger partial charge in [-0.3, -0.25) is 4.79 Å². The van der Waals surface area contributed by atoms with E-state index in [9.17, 15) is 17.6 Å². The third-order valence-corrected chi connectivity index (χ3v) is 5.24. The van der Waals surface area contributed by atoms with Crippen molar-refractivity contribution >= 4 is 16.1 Å². The van der Waals surface area contributed by atoms with Crippen LogP contribution in [0.2, 0.25) is 0 Å². The van der Waals surface area contributed by atoms with E-state index in [2.05, 4.69) is 0 Å². The molecular formula is C17H18FN3O3S. The zero-order chi connectivity index (χ0) is 18.0. The first-order valence-electron chi connectivity index (χ1n) is 7.78. The lowest BCUT2D eigenvalue weighted by molar-refractivity contribution is 0.0698. The average Bonchev–Trinajstić information content (AvgIpc) is 2.60. The lowest BCUT2D eigenvalue weighted by Gasteiger charge is -2.33. The molecular weight excluding hydrogens is 345 g/mol. The van der Waals surface area contributed by atoms with E-state index in [-0.39, 0.29) is 37.9 Å². The molecule has 1 heterocycles. The third kappa shape index (κ3) is 4.04. The molecule has 1 aliphatic rings. The Morgan fingerprint density at radius 2 is 1.56 bits per heavy atom. The van der Waals surface area contributed by atoms with Crippen molar-refractivity contribution in [3.63, 3.8) is 0 Å².